The second-order valence-electron chi connectivity index (χ2n) is 4.30. The Kier molecular flexibility index (Phi) is 3.57. The Morgan fingerprint density at radius 1 is 1.26 bits per heavy atom. The molecule has 98 valence electrons. The van der Waals surface area contributed by atoms with E-state index in [0.29, 0.717) is 5.69 Å². The average Bonchev–Trinajstić information content (AvgIpc) is 2.32. The number of nitrogens with zero attached hydrogens (tertiary/aromatic N) is 1. The molecule has 0 fully saturated rings. The number of carbonyl (C=O) groups is 1. The number of hydrogen-bond donors (Lipinski definition) is 1. The van der Waals surface area contributed by atoms with Gasteiger partial charge in [0.2, 0.25) is 0 Å². The quantitative estimate of drug-likeness (QED) is 0.925. The van der Waals surface area contributed by atoms with Gasteiger partial charge < -0.3 is 9.67 Å². The van der Waals surface area contributed by atoms with Crippen LogP contribution in [-0.4, -0.2) is 15.6 Å². The van der Waals surface area contributed by atoms with E-state index in [9.17, 15) is 9.59 Å². The fourth-order valence-electron chi connectivity index (χ4n) is 1.89. The summed E-state index contributed by atoms with van der Waals surface area (Å²) in [4.78, 5) is 22.7. The monoisotopic (exact) mass is 321 g/mol. The van der Waals surface area contributed by atoms with E-state index in [1.165, 1.54) is 12.3 Å². The van der Waals surface area contributed by atoms with Crippen molar-refractivity contribution in [2.75, 3.05) is 0 Å². The standard InChI is InChI=1S/C14H12BrNO3/c1-8-3-4-10(15)6-12(8)16-7-11(14(18)19)13(17)5-9(16)2/h3-7H,1-2H3,(H,18,19). The SMILES string of the molecule is Cc1ccc(Br)cc1-n1cc(C(=O)O)c(=O)cc1C. The molecule has 19 heavy (non-hydrogen) atoms. The van der Waals surface area contributed by atoms with Crippen molar-refractivity contribution in [2.24, 2.45) is 0 Å². The molecule has 0 aliphatic carbocycles. The van der Waals surface area contributed by atoms with Crippen LogP contribution in [0.25, 0.3) is 5.69 Å². The molecule has 0 saturated heterocycles. The van der Waals surface area contributed by atoms with Crippen molar-refractivity contribution in [3.05, 3.63) is 62.0 Å². The maximum Gasteiger partial charge on any atom is 0.341 e. The van der Waals surface area contributed by atoms with Gasteiger partial charge in [-0.3, -0.25) is 4.79 Å². The molecule has 0 spiro atoms. The van der Waals surface area contributed by atoms with Crippen molar-refractivity contribution >= 4 is 21.9 Å². The first-order valence-electron chi connectivity index (χ1n) is 5.63. The lowest BCUT2D eigenvalue weighted by atomic mass is 10.1. The van der Waals surface area contributed by atoms with Crippen LogP contribution in [0.4, 0.5) is 0 Å². The van der Waals surface area contributed by atoms with Crippen LogP contribution in [0.15, 0.2) is 39.7 Å². The second-order valence-corrected chi connectivity index (χ2v) is 5.21. The van der Waals surface area contributed by atoms with Crippen LogP contribution in [0, 0.1) is 13.8 Å². The zero-order chi connectivity index (χ0) is 14.2. The molecule has 1 heterocycles. The van der Waals surface area contributed by atoms with Gasteiger partial charge in [-0.1, -0.05) is 22.0 Å². The molecule has 0 aliphatic heterocycles. The number of halogens is 1. The Morgan fingerprint density at radius 3 is 2.58 bits per heavy atom. The smallest absolute Gasteiger partial charge is 0.341 e. The van der Waals surface area contributed by atoms with E-state index in [2.05, 4.69) is 15.9 Å². The van der Waals surface area contributed by atoms with Crippen molar-refractivity contribution in [2.45, 2.75) is 13.8 Å². The molecule has 0 saturated carbocycles. The molecular formula is C14H12BrNO3. The fraction of sp³-hybridized carbons (Fsp3) is 0.143. The van der Waals surface area contributed by atoms with Crippen molar-refractivity contribution in [3.8, 4) is 5.69 Å². The Balaban J connectivity index is 2.75. The van der Waals surface area contributed by atoms with Gasteiger partial charge in [-0.15, -0.1) is 0 Å². The number of aromatic carboxylic acids is 1. The van der Waals surface area contributed by atoms with Crippen LogP contribution >= 0.6 is 15.9 Å². The van der Waals surface area contributed by atoms with Crippen LogP contribution < -0.4 is 5.43 Å². The molecule has 1 N–H and O–H groups in total. The largest absolute Gasteiger partial charge is 0.477 e. The first kappa shape index (κ1) is 13.5. The number of aromatic nitrogens is 1. The predicted octanol–water partition coefficient (Wildman–Crippen LogP) is 2.92. The zero-order valence-corrected chi connectivity index (χ0v) is 12.1. The summed E-state index contributed by atoms with van der Waals surface area (Å²) >= 11 is 3.39. The maximum atomic E-state index is 11.6. The summed E-state index contributed by atoms with van der Waals surface area (Å²) in [6.07, 6.45) is 1.37. The van der Waals surface area contributed by atoms with Crippen LogP contribution in [-0.2, 0) is 0 Å². The van der Waals surface area contributed by atoms with E-state index < -0.39 is 11.4 Å². The number of rotatable bonds is 2. The first-order valence-corrected chi connectivity index (χ1v) is 6.42. The van der Waals surface area contributed by atoms with E-state index in [1.54, 1.807) is 11.5 Å². The van der Waals surface area contributed by atoms with Crippen molar-refractivity contribution in [1.82, 2.24) is 4.57 Å². The van der Waals surface area contributed by atoms with E-state index in [-0.39, 0.29) is 5.56 Å². The van der Waals surface area contributed by atoms with Gasteiger partial charge in [0.25, 0.3) is 0 Å². The van der Waals surface area contributed by atoms with E-state index >= 15 is 0 Å². The van der Waals surface area contributed by atoms with E-state index in [0.717, 1.165) is 15.7 Å². The van der Waals surface area contributed by atoms with Crippen molar-refractivity contribution in [3.63, 3.8) is 0 Å². The van der Waals surface area contributed by atoms with Crippen LogP contribution in [0.5, 0.6) is 0 Å². The molecule has 4 nitrogen and oxygen atoms in total. The third-order valence-electron chi connectivity index (χ3n) is 2.90. The third kappa shape index (κ3) is 2.61. The highest BCUT2D eigenvalue weighted by Crippen LogP contribution is 2.21. The highest BCUT2D eigenvalue weighted by atomic mass is 79.9. The van der Waals surface area contributed by atoms with Gasteiger partial charge in [-0.05, 0) is 31.5 Å². The molecule has 5 heteroatoms. The lowest BCUT2D eigenvalue weighted by molar-refractivity contribution is 0.0695. The summed E-state index contributed by atoms with van der Waals surface area (Å²) in [5.74, 6) is -1.22. The van der Waals surface area contributed by atoms with Crippen LogP contribution in [0.2, 0.25) is 0 Å². The molecule has 0 radical (unpaired) electrons. The Bertz CT molecular complexity index is 719. The van der Waals surface area contributed by atoms with Gasteiger partial charge in [-0.2, -0.15) is 0 Å². The lowest BCUT2D eigenvalue weighted by Gasteiger charge is -2.14. The average molecular weight is 322 g/mol. The topological polar surface area (TPSA) is 59.3 Å². The lowest BCUT2D eigenvalue weighted by Crippen LogP contribution is -2.18. The van der Waals surface area contributed by atoms with Gasteiger partial charge in [0.05, 0.1) is 0 Å². The molecule has 0 unspecified atom stereocenters. The number of aryl methyl sites for hydroxylation is 2. The fourth-order valence-corrected chi connectivity index (χ4v) is 2.24. The second kappa shape index (κ2) is 5.01. The van der Waals surface area contributed by atoms with E-state index in [4.69, 9.17) is 5.11 Å². The van der Waals surface area contributed by atoms with Crippen molar-refractivity contribution < 1.29 is 9.90 Å². The highest BCUT2D eigenvalue weighted by Gasteiger charge is 2.12. The van der Waals surface area contributed by atoms with Crippen molar-refractivity contribution in [1.29, 1.82) is 0 Å². The molecule has 0 bridgehead atoms. The number of benzene rings is 1. The summed E-state index contributed by atoms with van der Waals surface area (Å²) in [5.41, 5.74) is 1.82. The molecule has 2 aromatic rings. The summed E-state index contributed by atoms with van der Waals surface area (Å²) in [6, 6.07) is 7.06. The zero-order valence-electron chi connectivity index (χ0n) is 10.5. The summed E-state index contributed by atoms with van der Waals surface area (Å²) in [5, 5.41) is 9.03. The van der Waals surface area contributed by atoms with Gasteiger partial charge in [0.15, 0.2) is 5.43 Å². The molecule has 1 aromatic carbocycles. The summed E-state index contributed by atoms with van der Waals surface area (Å²) < 4.78 is 2.60. The third-order valence-corrected chi connectivity index (χ3v) is 3.40. The molecule has 1 aromatic heterocycles. The normalized spacial score (nSPS) is 10.5. The Morgan fingerprint density at radius 2 is 1.95 bits per heavy atom. The molecule has 0 amide bonds. The van der Waals surface area contributed by atoms with Gasteiger partial charge >= 0.3 is 5.97 Å². The van der Waals surface area contributed by atoms with Gasteiger partial charge in [0.1, 0.15) is 5.56 Å². The van der Waals surface area contributed by atoms with Crippen LogP contribution in [0.3, 0.4) is 0 Å². The minimum Gasteiger partial charge on any atom is -0.477 e. The Hall–Kier alpha value is -1.88. The summed E-state index contributed by atoms with van der Waals surface area (Å²) in [7, 11) is 0. The van der Waals surface area contributed by atoms with Crippen LogP contribution in [0.1, 0.15) is 21.6 Å². The van der Waals surface area contributed by atoms with Gasteiger partial charge in [0, 0.05) is 28.1 Å². The highest BCUT2D eigenvalue weighted by molar-refractivity contribution is 9.10. The Labute approximate surface area is 118 Å². The maximum absolute atomic E-state index is 11.6. The number of hydrogen-bond acceptors (Lipinski definition) is 2. The summed E-state index contributed by atoms with van der Waals surface area (Å²) in [6.45, 7) is 3.70. The number of carboxylic acids is 1. The molecule has 0 aliphatic rings. The number of carboxylic acid groups (broad SMARTS) is 1. The molecule has 0 atom stereocenters. The van der Waals surface area contributed by atoms with Gasteiger partial charge in [-0.25, -0.2) is 4.79 Å². The minimum absolute atomic E-state index is 0.232. The first-order chi connectivity index (χ1) is 8.90. The predicted molar refractivity (Wildman–Crippen MR) is 76.2 cm³/mol. The van der Waals surface area contributed by atoms with E-state index in [1.807, 2.05) is 25.1 Å². The molecule has 2 rings (SSSR count). The minimum atomic E-state index is -1.22. The number of pyridine rings is 1. The molecular weight excluding hydrogens is 310 g/mol.